The van der Waals surface area contributed by atoms with Crippen molar-refractivity contribution in [3.8, 4) is 0 Å². The molecule has 1 atom stereocenters. The predicted octanol–water partition coefficient (Wildman–Crippen LogP) is 1.80. The third-order valence-electron chi connectivity index (χ3n) is 3.78. The van der Waals surface area contributed by atoms with Crippen molar-refractivity contribution in [2.75, 3.05) is 20.2 Å². The highest BCUT2D eigenvalue weighted by atomic mass is 16.5. The van der Waals surface area contributed by atoms with Crippen LogP contribution in [0, 0.1) is 0 Å². The van der Waals surface area contributed by atoms with Gasteiger partial charge in [0, 0.05) is 25.7 Å². The van der Waals surface area contributed by atoms with Crippen LogP contribution >= 0.6 is 0 Å². The maximum atomic E-state index is 11.7. The molecule has 20 heavy (non-hydrogen) atoms. The zero-order valence-electron chi connectivity index (χ0n) is 12.6. The molecule has 0 saturated carbocycles. The van der Waals surface area contributed by atoms with E-state index in [9.17, 15) is 4.79 Å². The third-order valence-corrected chi connectivity index (χ3v) is 3.78. The molecule has 0 spiro atoms. The number of hydrogen-bond donors (Lipinski definition) is 1. The molecule has 4 heteroatoms. The molecule has 0 radical (unpaired) electrons. The van der Waals surface area contributed by atoms with Crippen LogP contribution < -0.4 is 5.32 Å². The Kier molecular flexibility index (Phi) is 4.78. The van der Waals surface area contributed by atoms with Crippen LogP contribution in [0.1, 0.15) is 25.8 Å². The van der Waals surface area contributed by atoms with Crippen LogP contribution in [0.25, 0.3) is 0 Å². The summed E-state index contributed by atoms with van der Waals surface area (Å²) in [5.41, 5.74) is 0.711. The summed E-state index contributed by atoms with van der Waals surface area (Å²) in [4.78, 5) is 14.1. The van der Waals surface area contributed by atoms with Crippen LogP contribution in [0.15, 0.2) is 30.3 Å². The van der Waals surface area contributed by atoms with Crippen molar-refractivity contribution in [3.63, 3.8) is 0 Å². The van der Waals surface area contributed by atoms with Gasteiger partial charge in [-0.15, -0.1) is 0 Å². The molecule has 1 aromatic carbocycles. The fraction of sp³-hybridized carbons (Fsp3) is 0.562. The Morgan fingerprint density at radius 2 is 2.10 bits per heavy atom. The third kappa shape index (κ3) is 3.81. The number of hydrogen-bond acceptors (Lipinski definition) is 4. The van der Waals surface area contributed by atoms with E-state index in [4.69, 9.17) is 4.74 Å². The number of methoxy groups -OCH3 is 1. The first-order valence-electron chi connectivity index (χ1n) is 7.13. The average molecular weight is 276 g/mol. The molecule has 0 bridgehead atoms. The number of nitrogens with zero attached hydrogens (tertiary/aromatic N) is 1. The number of carbonyl (C=O) groups is 1. The monoisotopic (exact) mass is 276 g/mol. The Morgan fingerprint density at radius 3 is 2.75 bits per heavy atom. The van der Waals surface area contributed by atoms with Gasteiger partial charge < -0.3 is 4.74 Å². The van der Waals surface area contributed by atoms with E-state index in [0.717, 1.165) is 26.1 Å². The number of esters is 1. The molecule has 1 fully saturated rings. The number of carbonyl (C=O) groups excluding carboxylic acids is 1. The van der Waals surface area contributed by atoms with Crippen molar-refractivity contribution >= 4 is 5.97 Å². The van der Waals surface area contributed by atoms with E-state index in [-0.39, 0.29) is 5.97 Å². The zero-order valence-corrected chi connectivity index (χ0v) is 12.6. The van der Waals surface area contributed by atoms with Crippen molar-refractivity contribution < 1.29 is 9.53 Å². The summed E-state index contributed by atoms with van der Waals surface area (Å²) in [6, 6.07) is 10.8. The van der Waals surface area contributed by atoms with Gasteiger partial charge in [-0.25, -0.2) is 0 Å². The summed E-state index contributed by atoms with van der Waals surface area (Å²) < 4.78 is 4.83. The van der Waals surface area contributed by atoms with Crippen LogP contribution in [-0.4, -0.2) is 42.6 Å². The van der Waals surface area contributed by atoms with Crippen LogP contribution in [0.5, 0.6) is 0 Å². The Labute approximate surface area is 121 Å². The van der Waals surface area contributed by atoms with Gasteiger partial charge in [0.1, 0.15) is 5.54 Å². The lowest BCUT2D eigenvalue weighted by Crippen LogP contribution is -2.52. The van der Waals surface area contributed by atoms with Crippen LogP contribution in [0.4, 0.5) is 0 Å². The Balaban J connectivity index is 1.85. The van der Waals surface area contributed by atoms with E-state index < -0.39 is 5.54 Å². The zero-order chi connectivity index (χ0) is 14.6. The number of ether oxygens (including phenoxy) is 1. The number of nitrogens with one attached hydrogen (secondary N) is 1. The minimum absolute atomic E-state index is 0.209. The minimum Gasteiger partial charge on any atom is -0.468 e. The summed E-state index contributed by atoms with van der Waals surface area (Å²) in [6.45, 7) is 6.74. The number of likely N-dealkylation sites (tertiary alicyclic amines) is 1. The van der Waals surface area contributed by atoms with Gasteiger partial charge in [-0.2, -0.15) is 0 Å². The summed E-state index contributed by atoms with van der Waals surface area (Å²) >= 11 is 0. The molecule has 4 nitrogen and oxygen atoms in total. The summed E-state index contributed by atoms with van der Waals surface area (Å²) in [6.07, 6.45) is 1.06. The van der Waals surface area contributed by atoms with Crippen LogP contribution in [0.3, 0.4) is 0 Å². The minimum atomic E-state index is -0.623. The lowest BCUT2D eigenvalue weighted by molar-refractivity contribution is -0.147. The van der Waals surface area contributed by atoms with Gasteiger partial charge in [0.2, 0.25) is 0 Å². The molecular weight excluding hydrogens is 252 g/mol. The Morgan fingerprint density at radius 1 is 1.40 bits per heavy atom. The van der Waals surface area contributed by atoms with Crippen molar-refractivity contribution in [2.45, 2.75) is 38.4 Å². The van der Waals surface area contributed by atoms with Crippen LogP contribution in [-0.2, 0) is 16.1 Å². The number of rotatable bonds is 5. The Bertz CT molecular complexity index is 445. The molecule has 1 unspecified atom stereocenters. The lowest BCUT2D eigenvalue weighted by Gasteiger charge is -2.27. The SMILES string of the molecule is COC(=O)C(C)(C)NC1CCN(Cc2ccccc2)C1. The van der Waals surface area contributed by atoms with E-state index in [1.165, 1.54) is 12.7 Å². The number of benzene rings is 1. The first-order valence-corrected chi connectivity index (χ1v) is 7.13. The maximum Gasteiger partial charge on any atom is 0.325 e. The molecule has 0 aliphatic carbocycles. The van der Waals surface area contributed by atoms with Crippen molar-refractivity contribution in [2.24, 2.45) is 0 Å². The smallest absolute Gasteiger partial charge is 0.325 e. The fourth-order valence-corrected chi connectivity index (χ4v) is 2.76. The molecule has 0 amide bonds. The summed E-state index contributed by atoms with van der Waals surface area (Å²) in [5.74, 6) is -0.209. The first-order chi connectivity index (χ1) is 9.51. The average Bonchev–Trinajstić information content (AvgIpc) is 2.85. The molecule has 1 heterocycles. The van der Waals surface area contributed by atoms with E-state index in [0.29, 0.717) is 6.04 Å². The molecule has 110 valence electrons. The predicted molar refractivity (Wildman–Crippen MR) is 79.4 cm³/mol. The second-order valence-corrected chi connectivity index (χ2v) is 5.97. The van der Waals surface area contributed by atoms with Crippen molar-refractivity contribution in [1.29, 1.82) is 0 Å². The second kappa shape index (κ2) is 6.37. The van der Waals surface area contributed by atoms with E-state index in [1.807, 2.05) is 19.9 Å². The topological polar surface area (TPSA) is 41.6 Å². The molecule has 2 rings (SSSR count). The largest absolute Gasteiger partial charge is 0.468 e. The second-order valence-electron chi connectivity index (χ2n) is 5.97. The van der Waals surface area contributed by atoms with Gasteiger partial charge in [-0.05, 0) is 25.8 Å². The van der Waals surface area contributed by atoms with Gasteiger partial charge in [0.05, 0.1) is 7.11 Å². The van der Waals surface area contributed by atoms with Gasteiger partial charge in [0.15, 0.2) is 0 Å². The maximum absolute atomic E-state index is 11.7. The van der Waals surface area contributed by atoms with E-state index >= 15 is 0 Å². The molecular formula is C16H24N2O2. The highest BCUT2D eigenvalue weighted by molar-refractivity contribution is 5.79. The first kappa shape index (κ1) is 15.0. The highest BCUT2D eigenvalue weighted by Gasteiger charge is 2.33. The summed E-state index contributed by atoms with van der Waals surface area (Å²) in [7, 11) is 1.43. The van der Waals surface area contributed by atoms with E-state index in [1.54, 1.807) is 0 Å². The molecule has 1 aliphatic heterocycles. The molecule has 1 aromatic rings. The summed E-state index contributed by atoms with van der Waals surface area (Å²) in [5, 5.41) is 3.41. The van der Waals surface area contributed by atoms with Gasteiger partial charge >= 0.3 is 5.97 Å². The molecule has 1 aliphatic rings. The molecule has 0 aromatic heterocycles. The van der Waals surface area contributed by atoms with Crippen molar-refractivity contribution in [1.82, 2.24) is 10.2 Å². The molecule has 1 saturated heterocycles. The van der Waals surface area contributed by atoms with Crippen molar-refractivity contribution in [3.05, 3.63) is 35.9 Å². The highest BCUT2D eigenvalue weighted by Crippen LogP contribution is 2.16. The Hall–Kier alpha value is -1.39. The normalized spacial score (nSPS) is 20.1. The van der Waals surface area contributed by atoms with E-state index in [2.05, 4.69) is 34.5 Å². The van der Waals surface area contributed by atoms with Crippen LogP contribution in [0.2, 0.25) is 0 Å². The van der Waals surface area contributed by atoms with Gasteiger partial charge in [0.25, 0.3) is 0 Å². The van der Waals surface area contributed by atoms with Gasteiger partial charge in [-0.3, -0.25) is 15.0 Å². The fourth-order valence-electron chi connectivity index (χ4n) is 2.76. The lowest BCUT2D eigenvalue weighted by atomic mass is 10.0. The van der Waals surface area contributed by atoms with Gasteiger partial charge in [-0.1, -0.05) is 30.3 Å². The molecule has 1 N–H and O–H groups in total. The quantitative estimate of drug-likeness (QED) is 0.833. The standard InChI is InChI=1S/C16H24N2O2/c1-16(2,15(19)20-3)17-14-9-10-18(12-14)11-13-7-5-4-6-8-13/h4-8,14,17H,9-12H2,1-3H3.